The van der Waals surface area contributed by atoms with Gasteiger partial charge in [0.05, 0.1) is 0 Å². The second kappa shape index (κ2) is 8.88. The van der Waals surface area contributed by atoms with Crippen molar-refractivity contribution >= 4 is 7.12 Å². The Morgan fingerprint density at radius 2 is 2.06 bits per heavy atom. The number of nitrogens with two attached hydrogens (primary N) is 1. The third-order valence-corrected chi connectivity index (χ3v) is 3.73. The number of aliphatic hydroxyl groups is 1. The average molecular weight is 258 g/mol. The Bertz CT molecular complexity index is 219. The largest absolute Gasteiger partial charge is 0.451 e. The van der Waals surface area contributed by atoms with Crippen LogP contribution in [-0.4, -0.2) is 59.5 Å². The highest BCUT2D eigenvalue weighted by atomic mass is 16.4. The van der Waals surface area contributed by atoms with Gasteiger partial charge in [-0.25, -0.2) is 0 Å². The molecule has 18 heavy (non-hydrogen) atoms. The number of hydrogen-bond donors (Lipinski definition) is 4. The maximum atomic E-state index is 9.06. The Hall–Kier alpha value is -0.135. The molecule has 1 heterocycles. The molecule has 0 aromatic carbocycles. The van der Waals surface area contributed by atoms with Crippen LogP contribution in [0.1, 0.15) is 32.1 Å². The molecule has 5 nitrogen and oxygen atoms in total. The minimum atomic E-state index is -1.18. The lowest BCUT2D eigenvalue weighted by Gasteiger charge is -2.18. The summed E-state index contributed by atoms with van der Waals surface area (Å²) in [5.74, 6) is 0.451. The molecule has 0 amide bonds. The quantitative estimate of drug-likeness (QED) is 0.335. The molecule has 6 heteroatoms. The number of aliphatic hydroxyl groups excluding tert-OH is 1. The van der Waals surface area contributed by atoms with Crippen LogP contribution in [0.4, 0.5) is 0 Å². The summed E-state index contributed by atoms with van der Waals surface area (Å²) in [4.78, 5) is 2.37. The van der Waals surface area contributed by atoms with Gasteiger partial charge in [-0.05, 0) is 44.6 Å². The van der Waals surface area contributed by atoms with Gasteiger partial charge in [-0.15, -0.1) is 0 Å². The first-order valence-electron chi connectivity index (χ1n) is 7.06. The summed E-state index contributed by atoms with van der Waals surface area (Å²) in [6.45, 7) is 3.39. The van der Waals surface area contributed by atoms with Crippen LogP contribution < -0.4 is 5.73 Å². The SMILES string of the molecule is N[C@H](CCCCB(O)O)CCN1CC[C@@H](CO)C1. The van der Waals surface area contributed by atoms with E-state index >= 15 is 0 Å². The van der Waals surface area contributed by atoms with E-state index in [0.717, 1.165) is 51.7 Å². The zero-order valence-corrected chi connectivity index (χ0v) is 11.2. The van der Waals surface area contributed by atoms with Crippen LogP contribution in [0, 0.1) is 5.92 Å². The number of likely N-dealkylation sites (tertiary alicyclic amines) is 1. The summed E-state index contributed by atoms with van der Waals surface area (Å²) in [7, 11) is -1.18. The third-order valence-electron chi connectivity index (χ3n) is 3.73. The molecule has 0 saturated carbocycles. The van der Waals surface area contributed by atoms with Crippen molar-refractivity contribution in [3.05, 3.63) is 0 Å². The molecule has 1 saturated heterocycles. The predicted octanol–water partition coefficient (Wildman–Crippen LogP) is -0.339. The molecule has 0 aromatic heterocycles. The first-order valence-corrected chi connectivity index (χ1v) is 7.06. The van der Waals surface area contributed by atoms with E-state index in [1.807, 2.05) is 0 Å². The smallest absolute Gasteiger partial charge is 0.427 e. The van der Waals surface area contributed by atoms with Gasteiger partial charge in [0.1, 0.15) is 0 Å². The molecular formula is C12H27BN2O3. The van der Waals surface area contributed by atoms with E-state index in [0.29, 0.717) is 18.8 Å². The Morgan fingerprint density at radius 1 is 1.28 bits per heavy atom. The summed E-state index contributed by atoms with van der Waals surface area (Å²) in [5, 5.41) is 26.5. The highest BCUT2D eigenvalue weighted by Gasteiger charge is 2.21. The molecule has 106 valence electrons. The molecular weight excluding hydrogens is 231 g/mol. The standard InChI is InChI=1S/C12H27BN2O3/c14-12(3-1-2-6-13(17)18)5-8-15-7-4-11(9-15)10-16/h11-12,16-18H,1-10,14H2/t11-,12-/m1/s1. The minimum absolute atomic E-state index is 0.203. The first-order chi connectivity index (χ1) is 8.61. The van der Waals surface area contributed by atoms with Crippen molar-refractivity contribution in [2.45, 2.75) is 44.5 Å². The molecule has 5 N–H and O–H groups in total. The molecule has 1 rings (SSSR count). The van der Waals surface area contributed by atoms with Gasteiger partial charge in [-0.2, -0.15) is 0 Å². The lowest BCUT2D eigenvalue weighted by Crippen LogP contribution is -2.29. The molecule has 2 atom stereocenters. The lowest BCUT2D eigenvalue weighted by atomic mass is 9.83. The maximum Gasteiger partial charge on any atom is 0.451 e. The maximum absolute atomic E-state index is 9.06. The van der Waals surface area contributed by atoms with Crippen LogP contribution in [-0.2, 0) is 0 Å². The predicted molar refractivity (Wildman–Crippen MR) is 73.1 cm³/mol. The Morgan fingerprint density at radius 3 is 2.67 bits per heavy atom. The monoisotopic (exact) mass is 258 g/mol. The summed E-state index contributed by atoms with van der Waals surface area (Å²) < 4.78 is 0. The molecule has 0 bridgehead atoms. The molecule has 0 aromatic rings. The van der Waals surface area contributed by atoms with Crippen molar-refractivity contribution in [3.8, 4) is 0 Å². The van der Waals surface area contributed by atoms with Crippen LogP contribution in [0.15, 0.2) is 0 Å². The third kappa shape index (κ3) is 6.71. The van der Waals surface area contributed by atoms with Crippen LogP contribution in [0.2, 0.25) is 6.32 Å². The van der Waals surface area contributed by atoms with Crippen molar-refractivity contribution in [2.24, 2.45) is 11.7 Å². The van der Waals surface area contributed by atoms with Gasteiger partial charge in [0, 0.05) is 19.2 Å². The van der Waals surface area contributed by atoms with Gasteiger partial charge < -0.3 is 25.8 Å². The van der Waals surface area contributed by atoms with Crippen molar-refractivity contribution in [1.29, 1.82) is 0 Å². The van der Waals surface area contributed by atoms with Crippen molar-refractivity contribution < 1.29 is 15.2 Å². The van der Waals surface area contributed by atoms with Crippen molar-refractivity contribution in [1.82, 2.24) is 4.90 Å². The van der Waals surface area contributed by atoms with Crippen molar-refractivity contribution in [3.63, 3.8) is 0 Å². The van der Waals surface area contributed by atoms with Crippen molar-refractivity contribution in [2.75, 3.05) is 26.2 Å². The van der Waals surface area contributed by atoms with Gasteiger partial charge in [-0.3, -0.25) is 0 Å². The van der Waals surface area contributed by atoms with Gasteiger partial charge in [0.25, 0.3) is 0 Å². The van der Waals surface area contributed by atoms with E-state index < -0.39 is 7.12 Å². The van der Waals surface area contributed by atoms with Gasteiger partial charge >= 0.3 is 7.12 Å². The number of rotatable bonds is 9. The number of unbranched alkanes of at least 4 members (excludes halogenated alkanes) is 1. The molecule has 0 radical (unpaired) electrons. The normalized spacial score (nSPS) is 22.3. The summed E-state index contributed by atoms with van der Waals surface area (Å²) >= 11 is 0. The molecule has 1 fully saturated rings. The number of nitrogens with zero attached hydrogens (tertiary/aromatic N) is 1. The summed E-state index contributed by atoms with van der Waals surface area (Å²) in [6, 6.07) is 0.203. The average Bonchev–Trinajstić information content (AvgIpc) is 2.80. The second-order valence-corrected chi connectivity index (χ2v) is 5.45. The second-order valence-electron chi connectivity index (χ2n) is 5.45. The van der Waals surface area contributed by atoms with Gasteiger partial charge in [0.15, 0.2) is 0 Å². The fourth-order valence-electron chi connectivity index (χ4n) is 2.49. The van der Waals surface area contributed by atoms with E-state index in [-0.39, 0.29) is 6.04 Å². The Kier molecular flexibility index (Phi) is 7.85. The first kappa shape index (κ1) is 15.9. The van der Waals surface area contributed by atoms with E-state index in [1.165, 1.54) is 0 Å². The van der Waals surface area contributed by atoms with Crippen LogP contribution in [0.3, 0.4) is 0 Å². The Balaban J connectivity index is 1.98. The molecule has 0 aliphatic carbocycles. The van der Waals surface area contributed by atoms with Crippen LogP contribution in [0.25, 0.3) is 0 Å². The molecule has 0 unspecified atom stereocenters. The molecule has 0 spiro atoms. The zero-order chi connectivity index (χ0) is 13.4. The fraction of sp³-hybridized carbons (Fsp3) is 1.00. The fourth-order valence-corrected chi connectivity index (χ4v) is 2.49. The number of hydrogen-bond acceptors (Lipinski definition) is 5. The molecule has 1 aliphatic heterocycles. The topological polar surface area (TPSA) is 90.0 Å². The summed E-state index contributed by atoms with van der Waals surface area (Å²) in [6.07, 6.45) is 5.25. The minimum Gasteiger partial charge on any atom is -0.427 e. The van der Waals surface area contributed by atoms with Gasteiger partial charge in [-0.1, -0.05) is 12.8 Å². The van der Waals surface area contributed by atoms with E-state index in [2.05, 4.69) is 4.90 Å². The van der Waals surface area contributed by atoms with Crippen LogP contribution >= 0.6 is 0 Å². The Labute approximate surface area is 110 Å². The van der Waals surface area contributed by atoms with E-state index in [1.54, 1.807) is 0 Å². The zero-order valence-electron chi connectivity index (χ0n) is 11.2. The van der Waals surface area contributed by atoms with Crippen LogP contribution in [0.5, 0.6) is 0 Å². The molecule has 1 aliphatic rings. The highest BCUT2D eigenvalue weighted by Crippen LogP contribution is 2.16. The summed E-state index contributed by atoms with van der Waals surface area (Å²) in [5.41, 5.74) is 6.03. The lowest BCUT2D eigenvalue weighted by molar-refractivity contribution is 0.220. The van der Waals surface area contributed by atoms with E-state index in [9.17, 15) is 0 Å². The van der Waals surface area contributed by atoms with E-state index in [4.69, 9.17) is 20.9 Å². The van der Waals surface area contributed by atoms with Gasteiger partial charge in [0.2, 0.25) is 0 Å². The highest BCUT2D eigenvalue weighted by molar-refractivity contribution is 6.40.